The predicted octanol–water partition coefficient (Wildman–Crippen LogP) is -5.12. The molecule has 38 heteroatoms. The molecule has 0 spiro atoms. The smallest absolute Gasteiger partial charge is 0.326 e. The number of phenolic OH excluding ortho intramolecular Hbond substituents is 1. The lowest BCUT2D eigenvalue weighted by Crippen LogP contribution is -2.62. The lowest BCUT2D eigenvalue weighted by Gasteiger charge is -2.32. The predicted molar refractivity (Wildman–Crippen MR) is 388 cm³/mol. The van der Waals surface area contributed by atoms with Crippen LogP contribution in [0.5, 0.6) is 5.75 Å². The molecular weight excluding hydrogens is 1410 g/mol. The third-order valence-electron chi connectivity index (χ3n) is 18.1. The molecule has 22 N–H and O–H groups in total. The van der Waals surface area contributed by atoms with Crippen molar-refractivity contribution in [1.82, 2.24) is 79.3 Å². The Bertz CT molecular complexity index is 3300. The lowest BCUT2D eigenvalue weighted by atomic mass is 9.95. The van der Waals surface area contributed by atoms with E-state index in [1.165, 1.54) is 43.0 Å². The minimum atomic E-state index is -1.77. The molecule has 2 heterocycles. The number of amides is 15. The van der Waals surface area contributed by atoms with Crippen LogP contribution in [-0.4, -0.2) is 244 Å². The van der Waals surface area contributed by atoms with Crippen molar-refractivity contribution in [1.29, 1.82) is 0 Å². The molecule has 1 aromatic carbocycles. The van der Waals surface area contributed by atoms with Crippen molar-refractivity contribution < 1.29 is 102 Å². The number of nitrogens with zero attached hydrogens (tertiary/aromatic N) is 1. The summed E-state index contributed by atoms with van der Waals surface area (Å²) in [4.78, 5) is 230. The Hall–Kier alpha value is -10.1. The number of carboxylic acid groups (broad SMARTS) is 2. The number of primary amides is 1. The zero-order valence-corrected chi connectivity index (χ0v) is 63.1. The van der Waals surface area contributed by atoms with Gasteiger partial charge in [-0.3, -0.25) is 76.7 Å². The van der Waals surface area contributed by atoms with Gasteiger partial charge in [0.25, 0.3) is 0 Å². The highest BCUT2D eigenvalue weighted by molar-refractivity contribution is 6.00. The van der Waals surface area contributed by atoms with Crippen LogP contribution < -0.4 is 85.9 Å². The SMILES string of the molecule is CC[C@H](C)[C@H](NC(=O)[C@H](CCC(N)=O)NC(=O)[C@@H](NC(=O)[C@H](CO)NC(=O)CNC(=O)CNC(=O)CNC(=O)[C@@H]1CCCN1)C(C)C)C(=O)N[C@H](C(=O)N[C@@H](Cc1ccc(O)cc1)C(=O)N[C@@H](CCCCN)C(=O)N1CCC[C@H]1C(=O)N[C@H](C(=O)N[C@@H](CC(=O)O)C(=O)N[C@@H](CC(C)C)C(=O)O)C(C)C)C(C)C. The number of phenols is 1. The van der Waals surface area contributed by atoms with E-state index in [1.807, 2.05) is 0 Å². The van der Waals surface area contributed by atoms with E-state index >= 15 is 0 Å². The number of benzene rings is 1. The van der Waals surface area contributed by atoms with E-state index in [-0.39, 0.29) is 75.6 Å². The Morgan fingerprint density at radius 1 is 0.528 bits per heavy atom. The Morgan fingerprint density at radius 3 is 1.54 bits per heavy atom. The molecule has 2 aliphatic heterocycles. The van der Waals surface area contributed by atoms with Crippen LogP contribution >= 0.6 is 0 Å². The largest absolute Gasteiger partial charge is 0.508 e. The van der Waals surface area contributed by atoms with Gasteiger partial charge in [0.15, 0.2) is 0 Å². The number of aliphatic hydroxyl groups is 1. The maximum absolute atomic E-state index is 14.9. The van der Waals surface area contributed by atoms with Crippen LogP contribution in [0.3, 0.4) is 0 Å². The van der Waals surface area contributed by atoms with E-state index in [1.54, 1.807) is 55.4 Å². The zero-order valence-electron chi connectivity index (χ0n) is 63.1. The standard InChI is InChI=1S/C70H113N17O21/c1-11-39(10)58(86-60(97)43(23-24-50(72)90)78-65(102)55(36(4)5)83-63(100)48(34-88)77-53(93)33-75-51(91)31-74-52(92)32-76-59(96)42-17-14-26-73-42)68(105)85-57(38(8)9)67(104)80-45(29-40-19-21-41(89)22-20-40)61(98)79-44(16-12-13-25-71)69(106)87-27-15-18-49(87)64(101)84-56(37(6)7)66(103)81-46(30-54(94)95)62(99)82-47(70(107)108)28-35(2)3/h19-22,35-39,42-49,55-58,73,88-89H,11-18,23-34,71H2,1-10H3,(H2,72,90)(H,74,92)(H,75,91)(H,76,96)(H,77,93)(H,78,102)(H,79,98)(H,80,104)(H,81,103)(H,82,99)(H,83,100)(H,84,101)(H,85,105)(H,86,97)(H,94,95)(H,107,108)/t39-,42-,43-,44-,45-,46-,47-,48-,49-,55-,56-,57-,58-/m0/s1. The van der Waals surface area contributed by atoms with E-state index in [0.29, 0.717) is 24.9 Å². The van der Waals surface area contributed by atoms with Gasteiger partial charge in [-0.2, -0.15) is 0 Å². The second kappa shape index (κ2) is 46.2. The number of aliphatic carboxylic acids is 2. The number of unbranched alkanes of at least 4 members (excludes halogenated alkanes) is 1. The molecular formula is C70H113N17O21. The van der Waals surface area contributed by atoms with Crippen molar-refractivity contribution in [2.45, 2.75) is 225 Å². The normalized spacial score (nSPS) is 17.1. The minimum Gasteiger partial charge on any atom is -0.508 e. The van der Waals surface area contributed by atoms with Crippen LogP contribution in [0.2, 0.25) is 0 Å². The average Bonchev–Trinajstić information content (AvgIpc) is 1.60. The van der Waals surface area contributed by atoms with Gasteiger partial charge >= 0.3 is 11.9 Å². The zero-order chi connectivity index (χ0) is 81.2. The van der Waals surface area contributed by atoms with Crippen molar-refractivity contribution in [2.24, 2.45) is 41.1 Å². The molecule has 2 fully saturated rings. The number of carbonyl (C=O) groups is 17. The van der Waals surface area contributed by atoms with Crippen molar-refractivity contribution >= 4 is 101 Å². The second-order valence-electron chi connectivity index (χ2n) is 28.5. The van der Waals surface area contributed by atoms with E-state index in [2.05, 4.69) is 74.4 Å². The van der Waals surface area contributed by atoms with Crippen LogP contribution in [0.15, 0.2) is 24.3 Å². The number of nitrogens with one attached hydrogen (secondary N) is 14. The maximum Gasteiger partial charge on any atom is 0.326 e. The first kappa shape index (κ1) is 92.1. The number of likely N-dealkylation sites (tertiary alicyclic amines) is 1. The third-order valence-corrected chi connectivity index (χ3v) is 18.1. The van der Waals surface area contributed by atoms with Gasteiger partial charge in [0, 0.05) is 19.4 Å². The Balaban J connectivity index is 1.85. The molecule has 0 bridgehead atoms. The van der Waals surface area contributed by atoms with Gasteiger partial charge in [-0.15, -0.1) is 0 Å². The summed E-state index contributed by atoms with van der Waals surface area (Å²) in [6.07, 6.45) is 0.515. The molecule has 604 valence electrons. The third kappa shape index (κ3) is 31.4. The molecule has 2 saturated heterocycles. The van der Waals surface area contributed by atoms with Gasteiger partial charge in [-0.05, 0) is 118 Å². The Kier molecular flexibility index (Phi) is 39.4. The van der Waals surface area contributed by atoms with Crippen LogP contribution in [-0.2, 0) is 87.9 Å². The topological polar surface area (TPSA) is 595 Å². The number of hydrogen-bond acceptors (Lipinski definition) is 21. The first-order chi connectivity index (χ1) is 50.8. The summed E-state index contributed by atoms with van der Waals surface area (Å²) in [7, 11) is 0. The summed E-state index contributed by atoms with van der Waals surface area (Å²) >= 11 is 0. The number of hydrogen-bond donors (Lipinski definition) is 20. The lowest BCUT2D eigenvalue weighted by molar-refractivity contribution is -0.144. The summed E-state index contributed by atoms with van der Waals surface area (Å²) in [5.41, 5.74) is 11.7. The molecule has 15 amide bonds. The van der Waals surface area contributed by atoms with Crippen LogP contribution in [0, 0.1) is 29.6 Å². The highest BCUT2D eigenvalue weighted by atomic mass is 16.4. The van der Waals surface area contributed by atoms with Crippen molar-refractivity contribution in [3.8, 4) is 5.75 Å². The molecule has 0 aliphatic carbocycles. The summed E-state index contributed by atoms with van der Waals surface area (Å²) in [5.74, 6) is -19.3. The summed E-state index contributed by atoms with van der Waals surface area (Å²) < 4.78 is 0. The van der Waals surface area contributed by atoms with Gasteiger partial charge in [0.1, 0.15) is 72.2 Å². The second-order valence-corrected chi connectivity index (χ2v) is 28.5. The molecule has 0 saturated carbocycles. The number of carbonyl (C=O) groups excluding carboxylic acids is 15. The van der Waals surface area contributed by atoms with Crippen molar-refractivity contribution in [3.05, 3.63) is 29.8 Å². The van der Waals surface area contributed by atoms with Gasteiger partial charge < -0.3 is 111 Å². The Labute approximate surface area is 627 Å². The maximum atomic E-state index is 14.9. The van der Waals surface area contributed by atoms with E-state index in [0.717, 1.165) is 6.42 Å². The fourth-order valence-corrected chi connectivity index (χ4v) is 11.7. The summed E-state index contributed by atoms with van der Waals surface area (Å²) in [6, 6.07) is -11.3. The van der Waals surface area contributed by atoms with E-state index in [4.69, 9.17) is 11.5 Å². The van der Waals surface area contributed by atoms with Crippen LogP contribution in [0.4, 0.5) is 0 Å². The molecule has 2 aliphatic rings. The number of rotatable bonds is 47. The molecule has 13 atom stereocenters. The van der Waals surface area contributed by atoms with Crippen LogP contribution in [0.1, 0.15) is 152 Å². The number of aliphatic hydroxyl groups excluding tert-OH is 1. The first-order valence-electron chi connectivity index (χ1n) is 36.5. The first-order valence-corrected chi connectivity index (χ1v) is 36.5. The van der Waals surface area contributed by atoms with Crippen LogP contribution in [0.25, 0.3) is 0 Å². The fraction of sp³-hybridized carbons (Fsp3) is 0.671. The fourth-order valence-electron chi connectivity index (χ4n) is 11.7. The Morgan fingerprint density at radius 2 is 1.02 bits per heavy atom. The van der Waals surface area contributed by atoms with Crippen molar-refractivity contribution in [2.75, 3.05) is 45.9 Å². The number of aromatic hydroxyl groups is 1. The number of nitrogens with two attached hydrogens (primary N) is 2. The van der Waals surface area contributed by atoms with Gasteiger partial charge in [-0.25, -0.2) is 4.79 Å². The highest BCUT2D eigenvalue weighted by Gasteiger charge is 2.42. The molecule has 108 heavy (non-hydrogen) atoms. The quantitative estimate of drug-likeness (QED) is 0.0271. The highest BCUT2D eigenvalue weighted by Crippen LogP contribution is 2.23. The summed E-state index contributed by atoms with van der Waals surface area (Å²) in [5, 5.41) is 74.8. The molecule has 3 rings (SSSR count). The molecule has 0 aromatic heterocycles. The van der Waals surface area contributed by atoms with Gasteiger partial charge in [0.05, 0.1) is 38.7 Å². The molecule has 1 aromatic rings. The number of carboxylic acids is 2. The molecule has 0 radical (unpaired) electrons. The van der Waals surface area contributed by atoms with Crippen molar-refractivity contribution in [3.63, 3.8) is 0 Å². The van der Waals surface area contributed by atoms with E-state index < -0.39 is 236 Å². The molecule has 0 unspecified atom stereocenters. The summed E-state index contributed by atoms with van der Waals surface area (Å²) in [6.45, 7) is 14.2. The minimum absolute atomic E-state index is 0.00396. The molecule has 38 nitrogen and oxygen atoms in total. The monoisotopic (exact) mass is 1530 g/mol. The van der Waals surface area contributed by atoms with Gasteiger partial charge in [-0.1, -0.05) is 87.8 Å². The van der Waals surface area contributed by atoms with Gasteiger partial charge in [0.2, 0.25) is 88.6 Å². The van der Waals surface area contributed by atoms with E-state index in [9.17, 15) is 102 Å². The average molecular weight is 1530 g/mol.